The van der Waals surface area contributed by atoms with E-state index in [4.69, 9.17) is 45.4 Å². The number of rotatable bonds is 39. The minimum absolute atomic E-state index is 0.00596. The van der Waals surface area contributed by atoms with E-state index in [-0.39, 0.29) is 127 Å². The summed E-state index contributed by atoms with van der Waals surface area (Å²) in [7, 11) is 0. The van der Waals surface area contributed by atoms with E-state index in [0.717, 1.165) is 47.3 Å². The van der Waals surface area contributed by atoms with Gasteiger partial charge in [-0.05, 0) is 48.2 Å². The van der Waals surface area contributed by atoms with Crippen LogP contribution in [0.15, 0.2) is 60.8 Å². The number of aromatic nitrogens is 1. The van der Waals surface area contributed by atoms with Gasteiger partial charge in [0.25, 0.3) is 0 Å². The van der Waals surface area contributed by atoms with Crippen molar-refractivity contribution in [1.82, 2.24) is 25.4 Å². The first-order valence-electron chi connectivity index (χ1n) is 25.1. The largest absolute Gasteiger partial charge is 0.507 e. The summed E-state index contributed by atoms with van der Waals surface area (Å²) in [6.45, 7) is 8.53. The van der Waals surface area contributed by atoms with Crippen LogP contribution < -0.4 is 27.4 Å². The lowest BCUT2D eigenvalue weighted by atomic mass is 9.83. The normalized spacial score (nSPS) is 12.8. The fourth-order valence-electron chi connectivity index (χ4n) is 7.52. The predicted octanol–water partition coefficient (Wildman–Crippen LogP) is 4.82. The molecule has 10 N–H and O–H groups in total. The van der Waals surface area contributed by atoms with E-state index < -0.39 is 77.7 Å². The number of ether oxygens (including phenoxy) is 7. The maximum atomic E-state index is 15.2. The summed E-state index contributed by atoms with van der Waals surface area (Å²) in [5, 5.41) is 34.5. The van der Waals surface area contributed by atoms with Crippen molar-refractivity contribution in [1.29, 1.82) is 0 Å². The molecule has 4 amide bonds. The third-order valence-corrected chi connectivity index (χ3v) is 13.0. The molecule has 0 saturated heterocycles. The first-order valence-corrected chi connectivity index (χ1v) is 27.3. The zero-order valence-electron chi connectivity index (χ0n) is 44.4. The van der Waals surface area contributed by atoms with Gasteiger partial charge in [0, 0.05) is 61.4 Å². The van der Waals surface area contributed by atoms with Gasteiger partial charge >= 0.3 is 18.5 Å². The number of nitrogens with one attached hydrogen (secondary N) is 3. The molecule has 440 valence electrons. The highest BCUT2D eigenvalue weighted by Crippen LogP contribution is 2.41. The average molecular weight is 1160 g/mol. The van der Waals surface area contributed by atoms with Gasteiger partial charge in [-0.15, -0.1) is 23.5 Å². The van der Waals surface area contributed by atoms with Crippen molar-refractivity contribution in [2.75, 3.05) is 96.3 Å². The smallest absolute Gasteiger partial charge is 0.450 e. The summed E-state index contributed by atoms with van der Waals surface area (Å²) in [6, 6.07) is 14.0. The van der Waals surface area contributed by atoms with Crippen LogP contribution in [0.3, 0.4) is 0 Å². The number of nitrogens with two attached hydrogens (primary N) is 2. The Kier molecular flexibility index (Phi) is 31.2. The summed E-state index contributed by atoms with van der Waals surface area (Å²) in [5.74, 6) is -3.41. The molecule has 4 atom stereocenters. The number of halogens is 2. The molecule has 0 spiro atoms. The first kappa shape index (κ1) is 67.0. The molecule has 1 unspecified atom stereocenters. The van der Waals surface area contributed by atoms with E-state index in [1.807, 2.05) is 55.7 Å². The predicted molar refractivity (Wildman–Crippen MR) is 287 cm³/mol. The second kappa shape index (κ2) is 36.8. The number of hydrogen-bond acceptors (Lipinski definition) is 18. The van der Waals surface area contributed by atoms with Crippen LogP contribution in [-0.2, 0) is 58.9 Å². The van der Waals surface area contributed by atoms with E-state index in [1.165, 1.54) is 0 Å². The Labute approximate surface area is 465 Å². The second-order valence-corrected chi connectivity index (χ2v) is 20.5. The van der Waals surface area contributed by atoms with Crippen LogP contribution in [0, 0.1) is 17.0 Å². The lowest BCUT2D eigenvalue weighted by Crippen LogP contribution is -2.44. The van der Waals surface area contributed by atoms with E-state index >= 15 is 4.39 Å². The molecule has 1 heterocycles. The standard InChI is InChI=1S/C51H73F2N7O17S2/c1-51(2,3)47(39-26-35(37-27-36(52)10-11-38(37)53)30-59(39)29-34-8-5-4-6-9-34)60(17-7-14-54)45(64)33-78-32-44(76-49(67)68)58-42(62)13-18-71-20-22-73-24-25-74-23-21-72-19-16-57-41(61)12-15-56-43(63)28-46(77-50(69)70)79-31-40(55)75-48(65)66/h4-6,8-11,26-27,30,40,44,46-47H,7,12-25,28-29,31-33,54-55H2,1-3H3,(H,56,63)(H,57,61)(H,58,62)(H,65,66)(H,67,68)(H,69,70)/t40-,44-,46?,47+/m1/s1. The Morgan fingerprint density at radius 2 is 1.35 bits per heavy atom. The Morgan fingerprint density at radius 3 is 1.97 bits per heavy atom. The van der Waals surface area contributed by atoms with Gasteiger partial charge < -0.3 is 79.6 Å². The molecule has 3 aromatic rings. The SMILES string of the molecule is CC(C)(C)[C@H](c1cc(-c2cc(F)ccc2F)cn1Cc1ccccc1)N(CCCN)C(=O)CSC[C@H](NC(=O)CCOCCOCCOCCOCCNC(=O)CCNC(=O)CC(OC(=O)O)SC[C@H](N)OC(=O)O)OC(=O)O. The number of carbonyl (C=O) groups excluding carboxylic acids is 4. The van der Waals surface area contributed by atoms with Gasteiger partial charge in [0.2, 0.25) is 23.6 Å². The molecule has 28 heteroatoms. The highest BCUT2D eigenvalue weighted by molar-refractivity contribution is 8.00. The molecule has 0 aliphatic rings. The van der Waals surface area contributed by atoms with E-state index in [1.54, 1.807) is 17.2 Å². The van der Waals surface area contributed by atoms with Crippen molar-refractivity contribution >= 4 is 65.6 Å². The monoisotopic (exact) mass is 1160 g/mol. The van der Waals surface area contributed by atoms with Gasteiger partial charge in [-0.25, -0.2) is 23.2 Å². The lowest BCUT2D eigenvalue weighted by Gasteiger charge is -2.41. The highest BCUT2D eigenvalue weighted by atomic mass is 32.2. The minimum Gasteiger partial charge on any atom is -0.450 e. The molecule has 2 aromatic carbocycles. The topological polar surface area (TPSA) is 341 Å². The van der Waals surface area contributed by atoms with Gasteiger partial charge in [0.15, 0.2) is 17.9 Å². The quantitative estimate of drug-likeness (QED) is 0.0164. The number of hydrogen-bond donors (Lipinski definition) is 8. The van der Waals surface area contributed by atoms with Gasteiger partial charge in [0.05, 0.1) is 83.2 Å². The Bertz CT molecular complexity index is 2370. The highest BCUT2D eigenvalue weighted by Gasteiger charge is 2.37. The number of amides is 4. The Hall–Kier alpha value is -6.27. The van der Waals surface area contributed by atoms with Crippen LogP contribution in [0.25, 0.3) is 11.1 Å². The maximum Gasteiger partial charge on any atom is 0.507 e. The Morgan fingerprint density at radius 1 is 0.734 bits per heavy atom. The molecule has 0 aliphatic carbocycles. The van der Waals surface area contributed by atoms with Gasteiger partial charge in [0.1, 0.15) is 11.6 Å². The van der Waals surface area contributed by atoms with Crippen molar-refractivity contribution in [3.05, 3.63) is 83.7 Å². The van der Waals surface area contributed by atoms with Gasteiger partial charge in [-0.3, -0.25) is 24.9 Å². The van der Waals surface area contributed by atoms with Gasteiger partial charge in [-0.2, -0.15) is 0 Å². The molecular weight excluding hydrogens is 1080 g/mol. The minimum atomic E-state index is -1.65. The number of nitrogens with zero attached hydrogens (tertiary/aromatic N) is 2. The molecule has 0 radical (unpaired) electrons. The summed E-state index contributed by atoms with van der Waals surface area (Å²) in [6.07, 6.45) is -5.83. The second-order valence-electron chi connectivity index (χ2n) is 18.3. The molecule has 3 rings (SSSR count). The fraction of sp³-hybridized carbons (Fsp3) is 0.549. The summed E-state index contributed by atoms with van der Waals surface area (Å²) < 4.78 is 67.3. The molecule has 0 bridgehead atoms. The van der Waals surface area contributed by atoms with Crippen LogP contribution in [-0.4, -0.2) is 181 Å². The van der Waals surface area contributed by atoms with Crippen molar-refractivity contribution in [3.8, 4) is 11.1 Å². The zero-order chi connectivity index (χ0) is 58.2. The number of thioether (sulfide) groups is 2. The first-order chi connectivity index (χ1) is 37.7. The van der Waals surface area contributed by atoms with E-state index in [0.29, 0.717) is 24.2 Å². The molecular formula is C51H73F2N7O17S2. The molecule has 24 nitrogen and oxygen atoms in total. The van der Waals surface area contributed by atoms with Crippen molar-refractivity contribution < 1.29 is 90.8 Å². The number of carbonyl (C=O) groups is 7. The Balaban J connectivity index is 1.34. The number of carboxylic acid groups (broad SMARTS) is 3. The summed E-state index contributed by atoms with van der Waals surface area (Å²) in [5.41, 5.74) is 11.8. The van der Waals surface area contributed by atoms with Crippen LogP contribution in [0.4, 0.5) is 23.2 Å². The van der Waals surface area contributed by atoms with Crippen molar-refractivity contribution in [3.63, 3.8) is 0 Å². The molecule has 0 aliphatic heterocycles. The molecule has 0 fully saturated rings. The van der Waals surface area contributed by atoms with E-state index in [2.05, 4.69) is 25.4 Å². The van der Waals surface area contributed by atoms with Crippen LogP contribution in [0.1, 0.15) is 63.8 Å². The van der Waals surface area contributed by atoms with Crippen LogP contribution >= 0.6 is 23.5 Å². The molecule has 79 heavy (non-hydrogen) atoms. The van der Waals surface area contributed by atoms with Crippen LogP contribution in [0.2, 0.25) is 0 Å². The maximum absolute atomic E-state index is 15.2. The summed E-state index contributed by atoms with van der Waals surface area (Å²) >= 11 is 1.84. The average Bonchev–Trinajstić information content (AvgIpc) is 3.93. The fourth-order valence-corrected chi connectivity index (χ4v) is 9.23. The van der Waals surface area contributed by atoms with E-state index in [9.17, 15) is 43.1 Å². The third kappa shape index (κ3) is 27.9. The molecule has 1 aromatic heterocycles. The zero-order valence-corrected chi connectivity index (χ0v) is 46.0. The summed E-state index contributed by atoms with van der Waals surface area (Å²) in [4.78, 5) is 86.2. The lowest BCUT2D eigenvalue weighted by molar-refractivity contribution is -0.133. The van der Waals surface area contributed by atoms with Crippen molar-refractivity contribution in [2.24, 2.45) is 16.9 Å². The van der Waals surface area contributed by atoms with Crippen LogP contribution in [0.5, 0.6) is 0 Å². The van der Waals surface area contributed by atoms with Crippen molar-refractivity contribution in [2.45, 2.75) is 76.9 Å². The molecule has 0 saturated carbocycles. The number of benzene rings is 2. The third-order valence-electron chi connectivity index (χ3n) is 10.9. The van der Waals surface area contributed by atoms with Gasteiger partial charge in [-0.1, -0.05) is 51.1 Å².